The lowest BCUT2D eigenvalue weighted by Crippen LogP contribution is -1.98. The van der Waals surface area contributed by atoms with Crippen molar-refractivity contribution in [2.24, 2.45) is 0 Å². The fourth-order valence-electron chi connectivity index (χ4n) is 0.203. The Morgan fingerprint density at radius 1 is 0.474 bits per heavy atom. The van der Waals surface area contributed by atoms with Crippen LogP contribution in [-0.4, -0.2) is 70.3 Å². The average molecular weight is 567 g/mol. The van der Waals surface area contributed by atoms with Gasteiger partial charge in [-0.3, -0.25) is 19.2 Å². The zero-order chi connectivity index (χ0) is 27.7. The van der Waals surface area contributed by atoms with Crippen LogP contribution in [0, 0.1) is 0 Å². The first kappa shape index (κ1) is 83.5. The van der Waals surface area contributed by atoms with E-state index in [1.165, 1.54) is 70.0 Å². The van der Waals surface area contributed by atoms with E-state index in [0.717, 1.165) is 0 Å². The van der Waals surface area contributed by atoms with Crippen molar-refractivity contribution < 1.29 is 47.7 Å². The van der Waals surface area contributed by atoms with Crippen molar-refractivity contribution in [3.63, 3.8) is 0 Å². The van der Waals surface area contributed by atoms with Crippen LogP contribution in [0.1, 0.15) is 120 Å². The van der Waals surface area contributed by atoms with Crippen molar-refractivity contribution in [3.05, 3.63) is 0 Å². The Morgan fingerprint density at radius 3 is 0.605 bits per heavy atom. The highest BCUT2D eigenvalue weighted by atomic mass is 16.5. The monoisotopic (exact) mass is 566 g/mol. The number of carbonyl (C=O) groups is 6. The fraction of sp³-hybridized carbons (Fsp3) is 0.786. The summed E-state index contributed by atoms with van der Waals surface area (Å²) < 4.78 is 16.8. The molecule has 0 fully saturated rings. The topological polar surface area (TPSA) is 139 Å². The highest BCUT2D eigenvalue weighted by molar-refractivity contribution is 5.76. The van der Waals surface area contributed by atoms with Gasteiger partial charge in [-0.15, -0.1) is 0 Å². The minimum absolute atomic E-state index is 0. The van der Waals surface area contributed by atoms with Crippen LogP contribution in [0.15, 0.2) is 0 Å². The summed E-state index contributed by atoms with van der Waals surface area (Å²) in [6.45, 7) is 16.3. The van der Waals surface area contributed by atoms with Gasteiger partial charge in [0.2, 0.25) is 0 Å². The number of Topliss-reactive ketones (excluding diaryl/α,β-unsaturated/α-hetero) is 3. The minimum Gasteiger partial charge on any atom is -0.469 e. The molecule has 0 aromatic rings. The highest BCUT2D eigenvalue weighted by Gasteiger charge is 1.83. The maximum atomic E-state index is 9.92. The molecule has 0 aliphatic carbocycles. The molecule has 0 aromatic heterocycles. The Labute approximate surface area is 238 Å². The molecule has 0 heterocycles. The number of carbonyl (C=O) groups excluding carboxylic acids is 6. The number of esters is 3. The molecule has 0 bridgehead atoms. The van der Waals surface area contributed by atoms with Gasteiger partial charge in [-0.25, -0.2) is 0 Å². The lowest BCUT2D eigenvalue weighted by atomic mass is 10.4. The Morgan fingerprint density at radius 2 is 0.605 bits per heavy atom. The molecule has 0 saturated carbocycles. The lowest BCUT2D eigenvalue weighted by molar-refractivity contribution is -0.138. The Kier molecular flexibility index (Phi) is 184. The lowest BCUT2D eigenvalue weighted by Gasteiger charge is -1.84. The first-order chi connectivity index (χ1) is 14.6. The summed E-state index contributed by atoms with van der Waals surface area (Å²) in [5.41, 5.74) is 0. The van der Waals surface area contributed by atoms with E-state index >= 15 is 0 Å². The minimum atomic E-state index is -0.245. The number of ether oxygens (including phenoxy) is 4. The van der Waals surface area contributed by atoms with E-state index in [-0.39, 0.29) is 86.4 Å². The Bertz CT molecular complexity index is 401. The van der Waals surface area contributed by atoms with Gasteiger partial charge in [-0.2, -0.15) is 0 Å². The molecule has 38 heavy (non-hydrogen) atoms. The third-order valence-corrected chi connectivity index (χ3v) is 1.71. The van der Waals surface area contributed by atoms with Crippen molar-refractivity contribution in [1.82, 2.24) is 0 Å². The van der Waals surface area contributed by atoms with Crippen molar-refractivity contribution in [2.45, 2.75) is 120 Å². The van der Waals surface area contributed by atoms with Crippen molar-refractivity contribution in [3.8, 4) is 0 Å². The van der Waals surface area contributed by atoms with Gasteiger partial charge in [0, 0.05) is 34.3 Å². The average Bonchev–Trinajstić information content (AvgIpc) is 2.70. The van der Waals surface area contributed by atoms with Gasteiger partial charge in [0.15, 0.2) is 5.78 Å². The molecule has 10 heteroatoms. The number of hydrogen-bond donors (Lipinski definition) is 0. The summed E-state index contributed by atoms with van der Waals surface area (Å²) in [6, 6.07) is 0. The maximum Gasteiger partial charge on any atom is 0.302 e. The van der Waals surface area contributed by atoms with Gasteiger partial charge in [0.05, 0.1) is 21.3 Å². The Hall–Kier alpha value is -2.62. The van der Waals surface area contributed by atoms with Gasteiger partial charge in [0.1, 0.15) is 18.2 Å². The van der Waals surface area contributed by atoms with Crippen LogP contribution in [0.5, 0.6) is 0 Å². The molecule has 242 valence electrons. The number of rotatable bonds is 3. The van der Waals surface area contributed by atoms with E-state index < -0.39 is 0 Å². The molecule has 0 rings (SSSR count). The van der Waals surface area contributed by atoms with Crippen LogP contribution in [-0.2, 0) is 47.7 Å². The van der Waals surface area contributed by atoms with Gasteiger partial charge >= 0.3 is 17.9 Å². The largest absolute Gasteiger partial charge is 0.469 e. The third kappa shape index (κ3) is 498. The molecule has 0 spiro atoms. The smallest absolute Gasteiger partial charge is 0.302 e. The fourth-order valence-corrected chi connectivity index (χ4v) is 0.203. The predicted octanol–water partition coefficient (Wildman–Crippen LogP) is 7.18. The quantitative estimate of drug-likeness (QED) is 0.255. The SMILES string of the molecule is C.C.C.C.C.C.CC.CC(C)=O.CCC(C)=O.COC(C)=O.COC(C)=O.COC(C)=O.COCC(C)=O. The first-order valence-electron chi connectivity index (χ1n) is 9.67. The van der Waals surface area contributed by atoms with Crippen LogP contribution >= 0.6 is 0 Å². The molecule has 0 N–H and O–H groups in total. The molecular formula is C28H70O10. The number of ketones is 3. The van der Waals surface area contributed by atoms with Crippen molar-refractivity contribution in [1.29, 1.82) is 0 Å². The standard InChI is InChI=1S/C4H8O2.C4H8O.3C3H6O2.C3H6O.C2H6.6CH4/c1-4(5)3-6-2;1-3-4(2)5;3*1-3(4)5-2;1-3(2)4;1-2;;;;;;/h3H2,1-2H3;3H2,1-2H3;3*1-2H3;1-2H3;1-2H3;6*1H4. The second-order valence-electron chi connectivity index (χ2n) is 5.19. The summed E-state index contributed by atoms with van der Waals surface area (Å²) in [5, 5.41) is 0. The summed E-state index contributed by atoms with van der Waals surface area (Å²) >= 11 is 0. The maximum absolute atomic E-state index is 9.92. The number of hydrogen-bond acceptors (Lipinski definition) is 10. The molecule has 0 aromatic carbocycles. The number of methoxy groups -OCH3 is 4. The van der Waals surface area contributed by atoms with E-state index in [4.69, 9.17) is 0 Å². The van der Waals surface area contributed by atoms with Gasteiger partial charge in [-0.1, -0.05) is 65.3 Å². The van der Waals surface area contributed by atoms with Crippen molar-refractivity contribution in [2.75, 3.05) is 35.0 Å². The molecule has 0 atom stereocenters. The molecule has 0 saturated heterocycles. The second kappa shape index (κ2) is 83.8. The molecule has 0 amide bonds. The van der Waals surface area contributed by atoms with Gasteiger partial charge < -0.3 is 28.5 Å². The molecule has 10 nitrogen and oxygen atoms in total. The first-order valence-corrected chi connectivity index (χ1v) is 9.67. The Balaban J connectivity index is -0.0000000172. The molecular weight excluding hydrogens is 496 g/mol. The predicted molar refractivity (Wildman–Crippen MR) is 165 cm³/mol. The second-order valence-corrected chi connectivity index (χ2v) is 5.19. The molecule has 0 radical (unpaired) electrons. The molecule has 0 unspecified atom stereocenters. The summed E-state index contributed by atoms with van der Waals surface area (Å²) in [7, 11) is 5.55. The van der Waals surface area contributed by atoms with E-state index in [1.54, 1.807) is 6.92 Å². The van der Waals surface area contributed by atoms with Crippen molar-refractivity contribution >= 4 is 35.3 Å². The van der Waals surface area contributed by atoms with Crippen LogP contribution in [0.3, 0.4) is 0 Å². The summed E-state index contributed by atoms with van der Waals surface area (Å²) in [4.78, 5) is 57.9. The van der Waals surface area contributed by atoms with Crippen LogP contribution in [0.2, 0.25) is 0 Å². The van der Waals surface area contributed by atoms with E-state index in [2.05, 4.69) is 18.9 Å². The van der Waals surface area contributed by atoms with Crippen LogP contribution in [0.4, 0.5) is 0 Å². The zero-order valence-corrected chi connectivity index (χ0v) is 22.5. The van der Waals surface area contributed by atoms with Gasteiger partial charge in [0.25, 0.3) is 0 Å². The van der Waals surface area contributed by atoms with Crippen LogP contribution < -0.4 is 0 Å². The summed E-state index contributed by atoms with van der Waals surface area (Å²) in [6.07, 6.45) is 0.667. The van der Waals surface area contributed by atoms with Gasteiger partial charge in [-0.05, 0) is 27.7 Å². The molecule has 0 aliphatic rings. The van der Waals surface area contributed by atoms with E-state index in [0.29, 0.717) is 6.42 Å². The summed E-state index contributed by atoms with van der Waals surface area (Å²) in [5.74, 6) is -0.248. The highest BCUT2D eigenvalue weighted by Crippen LogP contribution is 1.71. The third-order valence-electron chi connectivity index (χ3n) is 1.71. The normalized spacial score (nSPS) is 5.84. The van der Waals surface area contributed by atoms with E-state index in [9.17, 15) is 28.8 Å². The van der Waals surface area contributed by atoms with E-state index in [1.807, 2.05) is 20.8 Å². The van der Waals surface area contributed by atoms with Crippen LogP contribution in [0.25, 0.3) is 0 Å². The zero-order valence-electron chi connectivity index (χ0n) is 22.5. The molecule has 0 aliphatic heterocycles.